The second-order valence-electron chi connectivity index (χ2n) is 3.78. The number of hydrogen-bond acceptors (Lipinski definition) is 2. The number of benzene rings is 1. The highest BCUT2D eigenvalue weighted by Gasteiger charge is 2.28. The van der Waals surface area contributed by atoms with Crippen LogP contribution in [-0.4, -0.2) is 5.71 Å². The lowest BCUT2D eigenvalue weighted by molar-refractivity contribution is 1.16. The number of nitrogen functional groups attached to an aromatic ring is 1. The van der Waals surface area contributed by atoms with Gasteiger partial charge in [0.15, 0.2) is 0 Å². The van der Waals surface area contributed by atoms with Crippen LogP contribution >= 0.6 is 0 Å². The van der Waals surface area contributed by atoms with Gasteiger partial charge >= 0.3 is 0 Å². The smallest absolute Gasteiger partial charge is 0.0437 e. The van der Waals surface area contributed by atoms with Crippen molar-refractivity contribution < 1.29 is 0 Å². The molecule has 1 aromatic carbocycles. The summed E-state index contributed by atoms with van der Waals surface area (Å²) in [6.45, 7) is 2.03. The Hall–Kier alpha value is -1.31. The van der Waals surface area contributed by atoms with Gasteiger partial charge in [-0.2, -0.15) is 0 Å². The van der Waals surface area contributed by atoms with Crippen LogP contribution in [0, 0.1) is 18.3 Å². The van der Waals surface area contributed by atoms with Gasteiger partial charge in [-0.05, 0) is 31.9 Å². The van der Waals surface area contributed by atoms with Gasteiger partial charge in [-0.25, -0.2) is 0 Å². The van der Waals surface area contributed by atoms with Crippen LogP contribution in [0.4, 0.5) is 5.69 Å². The standard InChI is InChI=1S/C11H14N2/c1-7-2-5-10(12)9(6-7)11(13)8-3-4-8/h2,5-6,8,13H,3-4,12H2,1H3. The molecular formula is C11H14N2. The summed E-state index contributed by atoms with van der Waals surface area (Å²) in [5, 5.41) is 7.90. The number of anilines is 1. The Morgan fingerprint density at radius 2 is 2.15 bits per heavy atom. The van der Waals surface area contributed by atoms with Crippen molar-refractivity contribution in [1.29, 1.82) is 5.41 Å². The molecule has 0 saturated heterocycles. The van der Waals surface area contributed by atoms with E-state index in [1.165, 1.54) is 5.56 Å². The lowest BCUT2D eigenvalue weighted by atomic mass is 10.0. The first kappa shape index (κ1) is 8.30. The normalized spacial score (nSPS) is 15.8. The third-order valence-corrected chi connectivity index (χ3v) is 2.48. The molecule has 0 atom stereocenters. The van der Waals surface area contributed by atoms with Crippen LogP contribution in [0.2, 0.25) is 0 Å². The van der Waals surface area contributed by atoms with Gasteiger partial charge in [-0.15, -0.1) is 0 Å². The molecule has 0 heterocycles. The lowest BCUT2D eigenvalue weighted by Gasteiger charge is -2.06. The van der Waals surface area contributed by atoms with Crippen LogP contribution in [0.15, 0.2) is 18.2 Å². The van der Waals surface area contributed by atoms with Gasteiger partial charge in [0.05, 0.1) is 0 Å². The molecular weight excluding hydrogens is 160 g/mol. The van der Waals surface area contributed by atoms with Crippen molar-refractivity contribution in [3.63, 3.8) is 0 Å². The Bertz CT molecular complexity index is 351. The Kier molecular flexibility index (Phi) is 1.83. The number of nitrogens with one attached hydrogen (secondary N) is 1. The molecule has 1 aliphatic rings. The topological polar surface area (TPSA) is 49.9 Å². The summed E-state index contributed by atoms with van der Waals surface area (Å²) in [7, 11) is 0. The van der Waals surface area contributed by atoms with Crippen molar-refractivity contribution in [2.24, 2.45) is 5.92 Å². The molecule has 0 aromatic heterocycles. The quantitative estimate of drug-likeness (QED) is 0.524. The van der Waals surface area contributed by atoms with E-state index >= 15 is 0 Å². The summed E-state index contributed by atoms with van der Waals surface area (Å²) in [5.41, 5.74) is 9.39. The minimum atomic E-state index is 0.476. The first-order valence-corrected chi connectivity index (χ1v) is 4.63. The van der Waals surface area contributed by atoms with E-state index < -0.39 is 0 Å². The van der Waals surface area contributed by atoms with E-state index in [2.05, 4.69) is 0 Å². The molecule has 0 aliphatic heterocycles. The predicted octanol–water partition coefficient (Wildman–Crippen LogP) is 2.36. The lowest BCUT2D eigenvalue weighted by Crippen LogP contribution is -2.05. The molecule has 0 unspecified atom stereocenters. The van der Waals surface area contributed by atoms with Gasteiger partial charge in [-0.1, -0.05) is 11.6 Å². The average molecular weight is 174 g/mol. The zero-order valence-electron chi connectivity index (χ0n) is 7.80. The van der Waals surface area contributed by atoms with E-state index in [0.29, 0.717) is 5.92 Å². The van der Waals surface area contributed by atoms with Gasteiger partial charge in [0, 0.05) is 22.9 Å². The van der Waals surface area contributed by atoms with Crippen molar-refractivity contribution in [1.82, 2.24) is 0 Å². The molecule has 1 fully saturated rings. The van der Waals surface area contributed by atoms with E-state index in [4.69, 9.17) is 11.1 Å². The summed E-state index contributed by atoms with van der Waals surface area (Å²) < 4.78 is 0. The zero-order chi connectivity index (χ0) is 9.42. The Balaban J connectivity index is 2.37. The second kappa shape index (κ2) is 2.87. The maximum Gasteiger partial charge on any atom is 0.0437 e. The molecule has 2 nitrogen and oxygen atoms in total. The molecule has 3 N–H and O–H groups in total. The van der Waals surface area contributed by atoms with Gasteiger partial charge in [0.25, 0.3) is 0 Å². The molecule has 1 aromatic rings. The molecule has 0 bridgehead atoms. The molecule has 1 aliphatic carbocycles. The van der Waals surface area contributed by atoms with Crippen molar-refractivity contribution >= 4 is 11.4 Å². The highest BCUT2D eigenvalue weighted by Crippen LogP contribution is 2.34. The highest BCUT2D eigenvalue weighted by atomic mass is 14.6. The minimum absolute atomic E-state index is 0.476. The maximum atomic E-state index is 7.90. The van der Waals surface area contributed by atoms with Crippen molar-refractivity contribution in [3.8, 4) is 0 Å². The molecule has 0 amide bonds. The number of hydrogen-bond donors (Lipinski definition) is 2. The van der Waals surface area contributed by atoms with E-state index in [9.17, 15) is 0 Å². The molecule has 2 heteroatoms. The minimum Gasteiger partial charge on any atom is -0.398 e. The molecule has 68 valence electrons. The molecule has 0 radical (unpaired) electrons. The Labute approximate surface area is 78.3 Å². The fraction of sp³-hybridized carbons (Fsp3) is 0.364. The Morgan fingerprint density at radius 1 is 1.46 bits per heavy atom. The molecule has 1 saturated carbocycles. The average Bonchev–Trinajstić information content (AvgIpc) is 2.91. The summed E-state index contributed by atoms with van der Waals surface area (Å²) in [6, 6.07) is 5.89. The number of aryl methyl sites for hydroxylation is 1. The largest absolute Gasteiger partial charge is 0.398 e. The monoisotopic (exact) mass is 174 g/mol. The first-order chi connectivity index (χ1) is 6.18. The van der Waals surface area contributed by atoms with Crippen LogP contribution in [0.1, 0.15) is 24.0 Å². The van der Waals surface area contributed by atoms with E-state index in [1.54, 1.807) is 0 Å². The van der Waals surface area contributed by atoms with Gasteiger partial charge in [0.2, 0.25) is 0 Å². The van der Waals surface area contributed by atoms with Crippen molar-refractivity contribution in [2.75, 3.05) is 5.73 Å². The highest BCUT2D eigenvalue weighted by molar-refractivity contribution is 6.05. The van der Waals surface area contributed by atoms with E-state index in [0.717, 1.165) is 29.8 Å². The van der Waals surface area contributed by atoms with Gasteiger partial charge in [0.1, 0.15) is 0 Å². The van der Waals surface area contributed by atoms with E-state index in [1.807, 2.05) is 25.1 Å². The summed E-state index contributed by atoms with van der Waals surface area (Å²) in [5.74, 6) is 0.476. The molecule has 0 spiro atoms. The fourth-order valence-electron chi connectivity index (χ4n) is 1.50. The van der Waals surface area contributed by atoms with Crippen LogP contribution in [0.3, 0.4) is 0 Å². The van der Waals surface area contributed by atoms with Crippen molar-refractivity contribution in [3.05, 3.63) is 29.3 Å². The fourth-order valence-corrected chi connectivity index (χ4v) is 1.50. The zero-order valence-corrected chi connectivity index (χ0v) is 7.80. The first-order valence-electron chi connectivity index (χ1n) is 4.63. The van der Waals surface area contributed by atoms with Crippen LogP contribution in [0.5, 0.6) is 0 Å². The Morgan fingerprint density at radius 3 is 2.77 bits per heavy atom. The SMILES string of the molecule is Cc1ccc(N)c(C(=N)C2CC2)c1. The van der Waals surface area contributed by atoms with Crippen LogP contribution in [0.25, 0.3) is 0 Å². The summed E-state index contributed by atoms with van der Waals surface area (Å²) in [6.07, 6.45) is 2.32. The molecule has 2 rings (SSSR count). The second-order valence-corrected chi connectivity index (χ2v) is 3.78. The van der Waals surface area contributed by atoms with Crippen molar-refractivity contribution in [2.45, 2.75) is 19.8 Å². The third-order valence-electron chi connectivity index (χ3n) is 2.48. The maximum absolute atomic E-state index is 7.90. The summed E-state index contributed by atoms with van der Waals surface area (Å²) in [4.78, 5) is 0. The van der Waals surface area contributed by atoms with Gasteiger partial charge in [-0.3, -0.25) is 0 Å². The van der Waals surface area contributed by atoms with Crippen LogP contribution < -0.4 is 5.73 Å². The van der Waals surface area contributed by atoms with E-state index in [-0.39, 0.29) is 0 Å². The van der Waals surface area contributed by atoms with Crippen LogP contribution in [-0.2, 0) is 0 Å². The summed E-state index contributed by atoms with van der Waals surface area (Å²) >= 11 is 0. The predicted molar refractivity (Wildman–Crippen MR) is 55.1 cm³/mol. The number of rotatable bonds is 2. The third kappa shape index (κ3) is 1.57. The molecule has 13 heavy (non-hydrogen) atoms. The van der Waals surface area contributed by atoms with Gasteiger partial charge < -0.3 is 11.1 Å². The number of nitrogens with two attached hydrogens (primary N) is 1.